The normalized spacial score (nSPS) is 28.0. The first kappa shape index (κ1) is 13.5. The van der Waals surface area contributed by atoms with Crippen LogP contribution in [0.15, 0.2) is 0 Å². The fourth-order valence-electron chi connectivity index (χ4n) is 1.87. The van der Waals surface area contributed by atoms with Gasteiger partial charge >= 0.3 is 0 Å². The van der Waals surface area contributed by atoms with Gasteiger partial charge in [0.05, 0.1) is 12.1 Å². The van der Waals surface area contributed by atoms with Gasteiger partial charge in [0.1, 0.15) is 0 Å². The van der Waals surface area contributed by atoms with Crippen molar-refractivity contribution in [2.45, 2.75) is 58.2 Å². The third kappa shape index (κ3) is 3.46. The van der Waals surface area contributed by atoms with Gasteiger partial charge in [0.15, 0.2) is 0 Å². The van der Waals surface area contributed by atoms with Crippen molar-refractivity contribution in [3.63, 3.8) is 0 Å². The monoisotopic (exact) mass is 228 g/mol. The number of carbonyl (C=O) groups is 1. The van der Waals surface area contributed by atoms with Crippen LogP contribution in [0.2, 0.25) is 0 Å². The van der Waals surface area contributed by atoms with Crippen molar-refractivity contribution in [2.24, 2.45) is 11.7 Å². The van der Waals surface area contributed by atoms with Crippen LogP contribution in [-0.2, 0) is 9.53 Å². The Balaban J connectivity index is 2.21. The van der Waals surface area contributed by atoms with Crippen molar-refractivity contribution in [3.8, 4) is 0 Å². The van der Waals surface area contributed by atoms with Crippen molar-refractivity contribution in [3.05, 3.63) is 0 Å². The summed E-state index contributed by atoms with van der Waals surface area (Å²) in [5, 5.41) is 2.98. The zero-order chi connectivity index (χ0) is 12.1. The average molecular weight is 228 g/mol. The second-order valence-electron chi connectivity index (χ2n) is 4.67. The van der Waals surface area contributed by atoms with Gasteiger partial charge in [-0.1, -0.05) is 20.3 Å². The number of hydrogen-bond acceptors (Lipinski definition) is 3. The molecule has 0 bridgehead atoms. The van der Waals surface area contributed by atoms with Crippen molar-refractivity contribution >= 4 is 5.91 Å². The molecule has 1 aliphatic carbocycles. The summed E-state index contributed by atoms with van der Waals surface area (Å²) < 4.78 is 5.44. The second kappa shape index (κ2) is 6.21. The van der Waals surface area contributed by atoms with Gasteiger partial charge in [-0.3, -0.25) is 4.79 Å². The maximum atomic E-state index is 11.7. The van der Waals surface area contributed by atoms with Crippen LogP contribution in [0.3, 0.4) is 0 Å². The average Bonchev–Trinajstić information content (AvgIpc) is 2.23. The van der Waals surface area contributed by atoms with Gasteiger partial charge in [-0.2, -0.15) is 0 Å². The van der Waals surface area contributed by atoms with Crippen LogP contribution in [0.25, 0.3) is 0 Å². The molecule has 0 heterocycles. The first-order valence-electron chi connectivity index (χ1n) is 6.26. The van der Waals surface area contributed by atoms with E-state index in [0.29, 0.717) is 6.10 Å². The summed E-state index contributed by atoms with van der Waals surface area (Å²) in [5.41, 5.74) is 5.85. The Morgan fingerprint density at radius 3 is 2.62 bits per heavy atom. The molecule has 1 rings (SSSR count). The highest BCUT2D eigenvalue weighted by Gasteiger charge is 2.32. The summed E-state index contributed by atoms with van der Waals surface area (Å²) in [6, 6.07) is -0.115. The molecular weight excluding hydrogens is 204 g/mol. The molecule has 16 heavy (non-hydrogen) atoms. The van der Waals surface area contributed by atoms with Crippen LogP contribution in [0.4, 0.5) is 0 Å². The first-order chi connectivity index (χ1) is 7.58. The van der Waals surface area contributed by atoms with Crippen LogP contribution in [0.1, 0.15) is 40.0 Å². The molecule has 1 saturated carbocycles. The molecule has 94 valence electrons. The Bertz CT molecular complexity index is 227. The van der Waals surface area contributed by atoms with Gasteiger partial charge in [-0.05, 0) is 25.7 Å². The Hall–Kier alpha value is -0.610. The lowest BCUT2D eigenvalue weighted by molar-refractivity contribution is -0.126. The fraction of sp³-hybridized carbons (Fsp3) is 0.917. The van der Waals surface area contributed by atoms with Gasteiger partial charge in [0.2, 0.25) is 5.91 Å². The number of nitrogens with one attached hydrogen (secondary N) is 1. The van der Waals surface area contributed by atoms with Crippen LogP contribution in [-0.4, -0.2) is 30.7 Å². The summed E-state index contributed by atoms with van der Waals surface area (Å²) >= 11 is 0. The minimum absolute atomic E-state index is 0.0192. The Kier molecular flexibility index (Phi) is 5.22. The minimum atomic E-state index is -0.379. The zero-order valence-corrected chi connectivity index (χ0v) is 10.5. The number of hydrogen-bond donors (Lipinski definition) is 2. The third-order valence-corrected chi connectivity index (χ3v) is 3.40. The summed E-state index contributed by atoms with van der Waals surface area (Å²) in [5.74, 6) is 0.220. The molecule has 0 saturated heterocycles. The summed E-state index contributed by atoms with van der Waals surface area (Å²) in [6.45, 7) is 6.79. The van der Waals surface area contributed by atoms with Gasteiger partial charge in [-0.15, -0.1) is 0 Å². The molecule has 0 aromatic heterocycles. The van der Waals surface area contributed by atoms with E-state index < -0.39 is 0 Å². The Labute approximate surface area is 97.9 Å². The number of nitrogens with two attached hydrogens (primary N) is 1. The quantitative estimate of drug-likeness (QED) is 0.714. The minimum Gasteiger partial charge on any atom is -0.378 e. The Morgan fingerprint density at radius 2 is 2.12 bits per heavy atom. The standard InChI is InChI=1S/C12H24N2O2/c1-4-8(3)11(13)12(15)14-9-6-10(7-9)16-5-2/h8-11H,4-7,13H2,1-3H3,(H,14,15)/t8-,9?,10?,11-/m0/s1. The molecule has 1 amide bonds. The summed E-state index contributed by atoms with van der Waals surface area (Å²) in [4.78, 5) is 11.7. The molecule has 0 spiro atoms. The topological polar surface area (TPSA) is 64.3 Å². The highest BCUT2D eigenvalue weighted by atomic mass is 16.5. The SMILES string of the molecule is CCOC1CC(NC(=O)[C@@H](N)[C@@H](C)CC)C1. The molecule has 0 radical (unpaired) electrons. The van der Waals surface area contributed by atoms with E-state index in [-0.39, 0.29) is 23.9 Å². The highest BCUT2D eigenvalue weighted by Crippen LogP contribution is 2.23. The molecule has 0 aromatic rings. The largest absolute Gasteiger partial charge is 0.378 e. The number of amides is 1. The predicted octanol–water partition coefficient (Wildman–Crippen LogP) is 1.04. The maximum Gasteiger partial charge on any atom is 0.237 e. The number of carbonyl (C=O) groups excluding carboxylic acids is 1. The number of rotatable bonds is 6. The van der Waals surface area contributed by atoms with Crippen molar-refractivity contribution in [1.29, 1.82) is 0 Å². The van der Waals surface area contributed by atoms with Gasteiger partial charge in [0.25, 0.3) is 0 Å². The van der Waals surface area contributed by atoms with E-state index in [4.69, 9.17) is 10.5 Å². The molecule has 4 heteroatoms. The molecule has 0 unspecified atom stereocenters. The van der Waals surface area contributed by atoms with E-state index in [1.807, 2.05) is 20.8 Å². The van der Waals surface area contributed by atoms with E-state index in [2.05, 4.69) is 5.32 Å². The maximum absolute atomic E-state index is 11.7. The highest BCUT2D eigenvalue weighted by molar-refractivity contribution is 5.82. The molecule has 3 N–H and O–H groups in total. The van der Waals surface area contributed by atoms with E-state index in [9.17, 15) is 4.79 Å². The summed E-state index contributed by atoms with van der Waals surface area (Å²) in [7, 11) is 0. The predicted molar refractivity (Wildman–Crippen MR) is 64.0 cm³/mol. The van der Waals surface area contributed by atoms with Gasteiger partial charge < -0.3 is 15.8 Å². The van der Waals surface area contributed by atoms with Crippen LogP contribution in [0, 0.1) is 5.92 Å². The molecule has 2 atom stereocenters. The van der Waals surface area contributed by atoms with Crippen LogP contribution >= 0.6 is 0 Å². The van der Waals surface area contributed by atoms with E-state index in [1.165, 1.54) is 0 Å². The van der Waals surface area contributed by atoms with Crippen molar-refractivity contribution in [2.75, 3.05) is 6.61 Å². The van der Waals surface area contributed by atoms with E-state index in [0.717, 1.165) is 25.9 Å². The van der Waals surface area contributed by atoms with Crippen molar-refractivity contribution < 1.29 is 9.53 Å². The van der Waals surface area contributed by atoms with E-state index in [1.54, 1.807) is 0 Å². The molecule has 0 aliphatic heterocycles. The third-order valence-electron chi connectivity index (χ3n) is 3.40. The zero-order valence-electron chi connectivity index (χ0n) is 10.5. The second-order valence-corrected chi connectivity index (χ2v) is 4.67. The number of ether oxygens (including phenoxy) is 1. The Morgan fingerprint density at radius 1 is 1.50 bits per heavy atom. The first-order valence-corrected chi connectivity index (χ1v) is 6.26. The van der Waals surface area contributed by atoms with Gasteiger partial charge in [0, 0.05) is 12.6 Å². The molecule has 1 fully saturated rings. The van der Waals surface area contributed by atoms with E-state index >= 15 is 0 Å². The van der Waals surface area contributed by atoms with Crippen molar-refractivity contribution in [1.82, 2.24) is 5.32 Å². The summed E-state index contributed by atoms with van der Waals surface area (Å²) in [6.07, 6.45) is 3.11. The fourth-order valence-corrected chi connectivity index (χ4v) is 1.87. The lowest BCUT2D eigenvalue weighted by Crippen LogP contribution is -2.53. The molecule has 0 aromatic carbocycles. The lowest BCUT2D eigenvalue weighted by atomic mass is 9.88. The molecule has 4 nitrogen and oxygen atoms in total. The lowest BCUT2D eigenvalue weighted by Gasteiger charge is -2.36. The molecular formula is C12H24N2O2. The molecule has 1 aliphatic rings. The van der Waals surface area contributed by atoms with Crippen LogP contribution in [0.5, 0.6) is 0 Å². The van der Waals surface area contributed by atoms with Crippen LogP contribution < -0.4 is 11.1 Å². The van der Waals surface area contributed by atoms with Gasteiger partial charge in [-0.25, -0.2) is 0 Å². The smallest absolute Gasteiger partial charge is 0.237 e.